The molecule has 7 heteroatoms. The number of anilines is 4. The number of aromatic nitrogens is 4. The van der Waals surface area contributed by atoms with Crippen LogP contribution in [0.5, 0.6) is 0 Å². The van der Waals surface area contributed by atoms with Crippen LogP contribution in [0.1, 0.15) is 0 Å². The molecule has 0 amide bonds. The molecule has 2 aromatic heterocycles. The number of hydrogen-bond donors (Lipinski definition) is 3. The first-order valence-corrected chi connectivity index (χ1v) is 9.12. The van der Waals surface area contributed by atoms with Gasteiger partial charge in [0.25, 0.3) is 0 Å². The van der Waals surface area contributed by atoms with E-state index in [1.54, 1.807) is 6.33 Å². The summed E-state index contributed by atoms with van der Waals surface area (Å²) in [5.74, 6) is 1.38. The molecule has 0 unspecified atom stereocenters. The Hall–Kier alpha value is -3.64. The van der Waals surface area contributed by atoms with Crippen molar-refractivity contribution in [1.82, 2.24) is 20.2 Å². The van der Waals surface area contributed by atoms with Crippen LogP contribution in [-0.2, 0) is 0 Å². The maximum atomic E-state index is 5.97. The van der Waals surface area contributed by atoms with Crippen molar-refractivity contribution in [3.63, 3.8) is 0 Å². The molecule has 136 valence electrons. The van der Waals surface area contributed by atoms with E-state index >= 15 is 0 Å². The van der Waals surface area contributed by atoms with Crippen molar-refractivity contribution < 1.29 is 0 Å². The second kappa shape index (κ2) is 6.83. The molecule has 0 bridgehead atoms. The monoisotopic (exact) mass is 386 g/mol. The van der Waals surface area contributed by atoms with Crippen LogP contribution in [-0.4, -0.2) is 20.2 Å². The van der Waals surface area contributed by atoms with E-state index in [1.165, 1.54) is 0 Å². The summed E-state index contributed by atoms with van der Waals surface area (Å²) < 4.78 is 0. The highest BCUT2D eigenvalue weighted by molar-refractivity contribution is 6.30. The van der Waals surface area contributed by atoms with Gasteiger partial charge in [-0.15, -0.1) is 10.2 Å². The van der Waals surface area contributed by atoms with Crippen LogP contribution >= 0.6 is 11.6 Å². The van der Waals surface area contributed by atoms with Gasteiger partial charge in [0, 0.05) is 27.2 Å². The summed E-state index contributed by atoms with van der Waals surface area (Å²) in [4.78, 5) is 7.36. The first-order valence-electron chi connectivity index (χ1n) is 8.74. The zero-order valence-corrected chi connectivity index (χ0v) is 15.4. The smallest absolute Gasteiger partial charge is 0.161 e. The predicted octanol–water partition coefficient (Wildman–Crippen LogP) is 5.65. The van der Waals surface area contributed by atoms with Crippen LogP contribution in [0.4, 0.5) is 23.0 Å². The summed E-state index contributed by atoms with van der Waals surface area (Å²) in [5, 5.41) is 18.1. The molecule has 3 aromatic carbocycles. The first-order chi connectivity index (χ1) is 13.8. The second-order valence-electron chi connectivity index (χ2n) is 6.33. The maximum absolute atomic E-state index is 5.97. The van der Waals surface area contributed by atoms with Gasteiger partial charge in [-0.05, 0) is 42.5 Å². The van der Waals surface area contributed by atoms with Crippen LogP contribution < -0.4 is 10.6 Å². The van der Waals surface area contributed by atoms with E-state index < -0.39 is 0 Å². The molecular formula is C21H15ClN6. The number of nitrogens with one attached hydrogen (secondary N) is 3. The third-order valence-corrected chi connectivity index (χ3v) is 4.73. The van der Waals surface area contributed by atoms with Crippen LogP contribution in [0.25, 0.3) is 21.8 Å². The van der Waals surface area contributed by atoms with Crippen molar-refractivity contribution in [2.75, 3.05) is 10.6 Å². The molecule has 3 N–H and O–H groups in total. The Balaban J connectivity index is 1.52. The van der Waals surface area contributed by atoms with E-state index in [-0.39, 0.29) is 0 Å². The van der Waals surface area contributed by atoms with Gasteiger partial charge < -0.3 is 15.6 Å². The lowest BCUT2D eigenvalue weighted by molar-refractivity contribution is 1.06. The van der Waals surface area contributed by atoms with E-state index in [0.29, 0.717) is 16.7 Å². The van der Waals surface area contributed by atoms with Crippen molar-refractivity contribution in [2.45, 2.75) is 0 Å². The molecule has 0 aliphatic carbocycles. The number of benzene rings is 3. The quantitative estimate of drug-likeness (QED) is 0.372. The molecule has 0 radical (unpaired) electrons. The summed E-state index contributed by atoms with van der Waals surface area (Å²) in [6, 6.07) is 21.4. The average molecular weight is 387 g/mol. The zero-order valence-electron chi connectivity index (χ0n) is 14.6. The number of aromatic amines is 1. The summed E-state index contributed by atoms with van der Waals surface area (Å²) >= 11 is 5.97. The lowest BCUT2D eigenvalue weighted by Crippen LogP contribution is -2.01. The van der Waals surface area contributed by atoms with Gasteiger partial charge >= 0.3 is 0 Å². The van der Waals surface area contributed by atoms with Gasteiger partial charge in [0.2, 0.25) is 0 Å². The highest BCUT2D eigenvalue weighted by Gasteiger charge is 2.10. The summed E-state index contributed by atoms with van der Waals surface area (Å²) in [7, 11) is 0. The molecule has 2 heterocycles. The first kappa shape index (κ1) is 16.5. The number of imidazole rings is 1. The Morgan fingerprint density at radius 1 is 0.750 bits per heavy atom. The summed E-state index contributed by atoms with van der Waals surface area (Å²) in [6.07, 6.45) is 1.68. The van der Waals surface area contributed by atoms with E-state index in [2.05, 4.69) is 30.8 Å². The molecule has 0 aliphatic rings. The molecule has 0 aliphatic heterocycles. The number of H-pyrrole nitrogens is 1. The van der Waals surface area contributed by atoms with Gasteiger partial charge in [-0.1, -0.05) is 35.9 Å². The number of fused-ring (bicyclic) bond motifs is 2. The molecule has 0 atom stereocenters. The summed E-state index contributed by atoms with van der Waals surface area (Å²) in [5.41, 5.74) is 3.69. The molecule has 0 spiro atoms. The highest BCUT2D eigenvalue weighted by Crippen LogP contribution is 2.30. The Morgan fingerprint density at radius 2 is 1.39 bits per heavy atom. The molecule has 0 saturated heterocycles. The molecule has 0 fully saturated rings. The summed E-state index contributed by atoms with van der Waals surface area (Å²) in [6.45, 7) is 0. The minimum atomic E-state index is 0.687. The highest BCUT2D eigenvalue weighted by atomic mass is 35.5. The van der Waals surface area contributed by atoms with Crippen molar-refractivity contribution in [1.29, 1.82) is 0 Å². The fourth-order valence-electron chi connectivity index (χ4n) is 3.11. The van der Waals surface area contributed by atoms with Crippen LogP contribution in [0, 0.1) is 0 Å². The van der Waals surface area contributed by atoms with E-state index in [1.807, 2.05) is 66.7 Å². The van der Waals surface area contributed by atoms with Gasteiger partial charge in [0.1, 0.15) is 0 Å². The predicted molar refractivity (Wildman–Crippen MR) is 114 cm³/mol. The third kappa shape index (κ3) is 3.10. The number of hydrogen-bond acceptors (Lipinski definition) is 5. The minimum absolute atomic E-state index is 0.687. The number of halogens is 1. The molecule has 0 saturated carbocycles. The van der Waals surface area contributed by atoms with E-state index in [4.69, 9.17) is 11.6 Å². The standard InChI is InChI=1S/C21H15ClN6/c22-13-5-7-14(8-6-13)25-20-16-3-1-2-4-17(16)21(28-27-20)26-15-9-10-18-19(11-15)24-12-23-18/h1-12H,(H,23,24)(H,25,27)(H,26,28). The van der Waals surface area contributed by atoms with Crippen molar-refractivity contribution in [3.05, 3.63) is 78.1 Å². The van der Waals surface area contributed by atoms with Gasteiger partial charge in [-0.2, -0.15) is 0 Å². The van der Waals surface area contributed by atoms with Crippen LogP contribution in [0.15, 0.2) is 73.1 Å². The van der Waals surface area contributed by atoms with Gasteiger partial charge in [0.05, 0.1) is 17.4 Å². The van der Waals surface area contributed by atoms with E-state index in [9.17, 15) is 0 Å². The molecule has 5 rings (SSSR count). The zero-order chi connectivity index (χ0) is 18.9. The normalized spacial score (nSPS) is 11.0. The Kier molecular flexibility index (Phi) is 4.03. The Morgan fingerprint density at radius 3 is 2.11 bits per heavy atom. The van der Waals surface area contributed by atoms with Crippen LogP contribution in [0.2, 0.25) is 5.02 Å². The molecule has 6 nitrogen and oxygen atoms in total. The second-order valence-corrected chi connectivity index (χ2v) is 6.77. The van der Waals surface area contributed by atoms with Crippen LogP contribution in [0.3, 0.4) is 0 Å². The number of rotatable bonds is 4. The molecule has 28 heavy (non-hydrogen) atoms. The van der Waals surface area contributed by atoms with Gasteiger partial charge in [-0.25, -0.2) is 4.98 Å². The van der Waals surface area contributed by atoms with Gasteiger partial charge in [-0.3, -0.25) is 0 Å². The fourth-order valence-corrected chi connectivity index (χ4v) is 3.23. The lowest BCUT2D eigenvalue weighted by Gasteiger charge is -2.12. The SMILES string of the molecule is Clc1ccc(Nc2nnc(Nc3ccc4nc[nH]c4c3)c3ccccc23)cc1. The Bertz CT molecular complexity index is 1280. The fraction of sp³-hybridized carbons (Fsp3) is 0. The maximum Gasteiger partial charge on any atom is 0.161 e. The average Bonchev–Trinajstić information content (AvgIpc) is 3.19. The minimum Gasteiger partial charge on any atom is -0.345 e. The van der Waals surface area contributed by atoms with Gasteiger partial charge in [0.15, 0.2) is 11.6 Å². The molecule has 5 aromatic rings. The topological polar surface area (TPSA) is 78.5 Å². The largest absolute Gasteiger partial charge is 0.345 e. The Labute approximate surface area is 165 Å². The van der Waals surface area contributed by atoms with E-state index in [0.717, 1.165) is 33.2 Å². The van der Waals surface area contributed by atoms with Crippen molar-refractivity contribution in [2.24, 2.45) is 0 Å². The lowest BCUT2D eigenvalue weighted by atomic mass is 10.1. The van der Waals surface area contributed by atoms with Crippen molar-refractivity contribution >= 4 is 56.4 Å². The number of nitrogens with zero attached hydrogens (tertiary/aromatic N) is 3. The third-order valence-electron chi connectivity index (χ3n) is 4.48. The van der Waals surface area contributed by atoms with Crippen molar-refractivity contribution in [3.8, 4) is 0 Å². The molecular weight excluding hydrogens is 372 g/mol.